The van der Waals surface area contributed by atoms with E-state index in [1.165, 1.54) is 114 Å². The van der Waals surface area contributed by atoms with E-state index in [2.05, 4.69) is 119 Å². The summed E-state index contributed by atoms with van der Waals surface area (Å²) >= 11 is 0. The molecule has 1 heterocycles. The van der Waals surface area contributed by atoms with E-state index in [-0.39, 0.29) is 12.4 Å². The van der Waals surface area contributed by atoms with Gasteiger partial charge in [0.25, 0.3) is 5.82 Å². The highest BCUT2D eigenvalue weighted by Gasteiger charge is 2.26. The van der Waals surface area contributed by atoms with Gasteiger partial charge in [-0.25, -0.2) is 0 Å². The molecule has 1 N–H and O–H groups in total. The van der Waals surface area contributed by atoms with Gasteiger partial charge >= 0.3 is 0 Å². The zero-order valence-electron chi connectivity index (χ0n) is 25.8. The lowest BCUT2D eigenvalue weighted by Crippen LogP contribution is -3.00. The van der Waals surface area contributed by atoms with Gasteiger partial charge in [0.1, 0.15) is 11.4 Å². The number of hydrogen-bond acceptors (Lipinski definition) is 1. The third kappa shape index (κ3) is 11.0. The molecule has 226 valence electrons. The van der Waals surface area contributed by atoms with Crippen LogP contribution >= 0.6 is 0 Å². The van der Waals surface area contributed by atoms with Crippen LogP contribution in [0.25, 0.3) is 11.4 Å². The van der Waals surface area contributed by atoms with Crippen LogP contribution in [0.1, 0.15) is 109 Å². The summed E-state index contributed by atoms with van der Waals surface area (Å²) in [7, 11) is 0. The molecular weight excluding hydrogens is 534 g/mol. The number of unbranched alkanes of at least 4 members (excludes halogenated alkanes) is 14. The summed E-state index contributed by atoms with van der Waals surface area (Å²) in [5, 5.41) is 3.70. The minimum atomic E-state index is 0. The Balaban J connectivity index is 0.00000484. The molecule has 4 heteroatoms. The lowest BCUT2D eigenvalue weighted by Gasteiger charge is -2.08. The van der Waals surface area contributed by atoms with Gasteiger partial charge in [-0.05, 0) is 42.8 Å². The van der Waals surface area contributed by atoms with Gasteiger partial charge in [-0.3, -0.25) is 0 Å². The smallest absolute Gasteiger partial charge is 0.268 e. The molecule has 0 aliphatic carbocycles. The highest BCUT2D eigenvalue weighted by molar-refractivity contribution is 5.58. The molecule has 0 radical (unpaired) electrons. The number of aromatic nitrogens is 2. The Morgan fingerprint density at radius 3 is 1.52 bits per heavy atom. The first-order valence-corrected chi connectivity index (χ1v) is 16.5. The van der Waals surface area contributed by atoms with Crippen LogP contribution in [-0.2, 0) is 6.42 Å². The molecule has 3 aromatic carbocycles. The Hall–Kier alpha value is -3.04. The predicted molar refractivity (Wildman–Crippen MR) is 176 cm³/mol. The number of benzene rings is 3. The Labute approximate surface area is 261 Å². The van der Waals surface area contributed by atoms with Crippen molar-refractivity contribution in [3.05, 3.63) is 103 Å². The van der Waals surface area contributed by atoms with Gasteiger partial charge in [-0.1, -0.05) is 151 Å². The third-order valence-electron chi connectivity index (χ3n) is 8.13. The number of rotatable bonds is 20. The van der Waals surface area contributed by atoms with E-state index >= 15 is 0 Å². The van der Waals surface area contributed by atoms with Crippen LogP contribution in [0.2, 0.25) is 0 Å². The number of halogens is 1. The highest BCUT2D eigenvalue weighted by atomic mass is 35.5. The zero-order chi connectivity index (χ0) is 28.4. The number of para-hydroxylation sites is 3. The van der Waals surface area contributed by atoms with Crippen molar-refractivity contribution in [3.63, 3.8) is 0 Å². The number of nitrogens with one attached hydrogen (secondary N) is 1. The molecular formula is C38H52ClN3. The van der Waals surface area contributed by atoms with E-state index in [9.17, 15) is 0 Å². The average Bonchev–Trinajstić information content (AvgIpc) is 3.38. The summed E-state index contributed by atoms with van der Waals surface area (Å²) < 4.78 is 4.78. The monoisotopic (exact) mass is 585 g/mol. The van der Waals surface area contributed by atoms with Crippen molar-refractivity contribution in [2.75, 3.05) is 5.32 Å². The van der Waals surface area contributed by atoms with Crippen molar-refractivity contribution in [2.45, 2.75) is 110 Å². The SMILES string of the molecule is CCCCCCCCCCCCCCCCCc1n(-c2ccccc2)c(Nc2ccccc2)c[n+]1-c1ccccc1.[Cl-]. The van der Waals surface area contributed by atoms with Crippen molar-refractivity contribution in [2.24, 2.45) is 0 Å². The topological polar surface area (TPSA) is 20.8 Å². The molecule has 0 bridgehead atoms. The maximum atomic E-state index is 3.70. The second-order valence-corrected chi connectivity index (χ2v) is 11.5. The zero-order valence-corrected chi connectivity index (χ0v) is 26.6. The van der Waals surface area contributed by atoms with Crippen LogP contribution in [0.4, 0.5) is 11.5 Å². The summed E-state index contributed by atoms with van der Waals surface area (Å²) in [6.45, 7) is 2.30. The van der Waals surface area contributed by atoms with Crippen LogP contribution in [0.5, 0.6) is 0 Å². The number of hydrogen-bond donors (Lipinski definition) is 1. The number of imidazole rings is 1. The first kappa shape index (κ1) is 33.5. The van der Waals surface area contributed by atoms with E-state index < -0.39 is 0 Å². The fourth-order valence-corrected chi connectivity index (χ4v) is 5.82. The standard InChI is InChI=1S/C38H52N3.ClH/c1-2-3-4-5-6-7-8-9-10-11-12-13-14-15-25-32-38-40(35-28-21-17-22-29-35)33-37(39-34-26-19-16-20-27-34)41(38)36-30-23-18-24-31-36;/h16-24,26-31,33,39H,2-15,25,32H2,1H3;1H/q+1;/p-1. The quantitative estimate of drug-likeness (QED) is 0.0825. The van der Waals surface area contributed by atoms with Gasteiger partial charge in [-0.15, -0.1) is 0 Å². The molecule has 0 saturated carbocycles. The van der Waals surface area contributed by atoms with Gasteiger partial charge in [0.2, 0.25) is 5.82 Å². The third-order valence-corrected chi connectivity index (χ3v) is 8.13. The summed E-state index contributed by atoms with van der Waals surface area (Å²) in [5.41, 5.74) is 3.49. The van der Waals surface area contributed by atoms with Crippen molar-refractivity contribution in [3.8, 4) is 11.4 Å². The van der Waals surface area contributed by atoms with Crippen molar-refractivity contribution < 1.29 is 17.0 Å². The van der Waals surface area contributed by atoms with Crippen LogP contribution in [0.15, 0.2) is 97.2 Å². The molecule has 0 amide bonds. The molecule has 0 spiro atoms. The van der Waals surface area contributed by atoms with Crippen LogP contribution in [0.3, 0.4) is 0 Å². The van der Waals surface area contributed by atoms with E-state index in [4.69, 9.17) is 0 Å². The molecule has 0 atom stereocenters. The van der Waals surface area contributed by atoms with Gasteiger partial charge < -0.3 is 17.7 Å². The van der Waals surface area contributed by atoms with Crippen molar-refractivity contribution in [1.29, 1.82) is 0 Å². The average molecular weight is 586 g/mol. The normalized spacial score (nSPS) is 10.9. The molecule has 0 aliphatic heterocycles. The minimum Gasteiger partial charge on any atom is -1.00 e. The van der Waals surface area contributed by atoms with Gasteiger partial charge in [0, 0.05) is 5.69 Å². The summed E-state index contributed by atoms with van der Waals surface area (Å²) in [6.07, 6.45) is 24.1. The number of nitrogens with zero attached hydrogens (tertiary/aromatic N) is 2. The summed E-state index contributed by atoms with van der Waals surface area (Å²) in [6, 6.07) is 32.0. The van der Waals surface area contributed by atoms with E-state index in [0.717, 1.165) is 17.9 Å². The van der Waals surface area contributed by atoms with Gasteiger partial charge in [-0.2, -0.15) is 9.13 Å². The Morgan fingerprint density at radius 1 is 0.548 bits per heavy atom. The maximum Gasteiger partial charge on any atom is 0.268 e. The molecule has 1 aromatic heterocycles. The molecule has 0 fully saturated rings. The lowest BCUT2D eigenvalue weighted by atomic mass is 10.0. The summed E-state index contributed by atoms with van der Waals surface area (Å²) in [4.78, 5) is 0. The van der Waals surface area contributed by atoms with Gasteiger partial charge in [0.05, 0.1) is 6.42 Å². The van der Waals surface area contributed by atoms with E-state index in [1.807, 2.05) is 0 Å². The number of anilines is 2. The minimum absolute atomic E-state index is 0. The van der Waals surface area contributed by atoms with Gasteiger partial charge in [0.15, 0.2) is 6.20 Å². The molecule has 4 rings (SSSR count). The first-order valence-electron chi connectivity index (χ1n) is 16.5. The highest BCUT2D eigenvalue weighted by Crippen LogP contribution is 2.25. The molecule has 42 heavy (non-hydrogen) atoms. The molecule has 0 unspecified atom stereocenters. The fourth-order valence-electron chi connectivity index (χ4n) is 5.82. The van der Waals surface area contributed by atoms with Crippen LogP contribution < -0.4 is 22.3 Å². The lowest BCUT2D eigenvalue weighted by molar-refractivity contribution is -0.603. The van der Waals surface area contributed by atoms with Crippen molar-refractivity contribution >= 4 is 11.5 Å². The Morgan fingerprint density at radius 2 is 1.00 bits per heavy atom. The fraction of sp³-hybridized carbons (Fsp3) is 0.447. The van der Waals surface area contributed by atoms with Crippen LogP contribution in [0, 0.1) is 0 Å². The second-order valence-electron chi connectivity index (χ2n) is 11.5. The second kappa shape index (κ2) is 20.0. The van der Waals surface area contributed by atoms with Crippen molar-refractivity contribution in [1.82, 2.24) is 4.57 Å². The molecule has 0 aliphatic rings. The molecule has 3 nitrogen and oxygen atoms in total. The molecule has 0 saturated heterocycles. The van der Waals surface area contributed by atoms with E-state index in [0.29, 0.717) is 0 Å². The largest absolute Gasteiger partial charge is 1.00 e. The molecule has 4 aromatic rings. The van der Waals surface area contributed by atoms with E-state index in [1.54, 1.807) is 0 Å². The van der Waals surface area contributed by atoms with Crippen LogP contribution in [-0.4, -0.2) is 4.57 Å². The first-order chi connectivity index (χ1) is 20.4. The Kier molecular flexibility index (Phi) is 15.9. The summed E-state index contributed by atoms with van der Waals surface area (Å²) in [5.74, 6) is 2.40. The predicted octanol–water partition coefficient (Wildman–Crippen LogP) is 7.92. The maximum absolute atomic E-state index is 3.70. The Bertz CT molecular complexity index is 1220.